The summed E-state index contributed by atoms with van der Waals surface area (Å²) in [4.78, 5) is 0. The molecular formula is C39H80. The lowest BCUT2D eigenvalue weighted by atomic mass is 9.90. The van der Waals surface area contributed by atoms with E-state index in [1.165, 1.54) is 225 Å². The molecule has 1 atom stereocenters. The monoisotopic (exact) mass is 549 g/mol. The van der Waals surface area contributed by atoms with Crippen molar-refractivity contribution in [2.24, 2.45) is 5.92 Å². The van der Waals surface area contributed by atoms with E-state index in [1.54, 1.807) is 0 Å². The Labute approximate surface area is 251 Å². The third kappa shape index (κ3) is 34.1. The van der Waals surface area contributed by atoms with Gasteiger partial charge in [0, 0.05) is 0 Å². The SMILES string of the molecule is CCCCCCCCCCCCCCCCCCCC(CCCC)CCCCCCCCCCCCCCC. The van der Waals surface area contributed by atoms with Gasteiger partial charge in [0.2, 0.25) is 0 Å². The van der Waals surface area contributed by atoms with E-state index in [1.807, 2.05) is 0 Å². The van der Waals surface area contributed by atoms with E-state index in [2.05, 4.69) is 20.8 Å². The minimum Gasteiger partial charge on any atom is -0.0654 e. The summed E-state index contributed by atoms with van der Waals surface area (Å²) in [5, 5.41) is 0. The molecule has 0 fully saturated rings. The second-order valence-electron chi connectivity index (χ2n) is 13.5. The smallest absolute Gasteiger partial charge is 0.0414 e. The molecule has 0 aromatic rings. The van der Waals surface area contributed by atoms with Crippen LogP contribution in [0, 0.1) is 5.92 Å². The molecule has 0 saturated carbocycles. The predicted octanol–water partition coefficient (Wildman–Crippen LogP) is 15.3. The fourth-order valence-corrected chi connectivity index (χ4v) is 6.53. The first kappa shape index (κ1) is 39.0. The summed E-state index contributed by atoms with van der Waals surface area (Å²) in [5.74, 6) is 1.04. The fourth-order valence-electron chi connectivity index (χ4n) is 6.53. The van der Waals surface area contributed by atoms with Crippen molar-refractivity contribution < 1.29 is 0 Å². The van der Waals surface area contributed by atoms with Crippen LogP contribution in [-0.4, -0.2) is 0 Å². The average Bonchev–Trinajstić information content (AvgIpc) is 2.95. The van der Waals surface area contributed by atoms with Crippen LogP contribution in [0.1, 0.15) is 245 Å². The molecule has 0 aromatic heterocycles. The zero-order valence-corrected chi connectivity index (χ0v) is 28.3. The van der Waals surface area contributed by atoms with Gasteiger partial charge in [0.25, 0.3) is 0 Å². The summed E-state index contributed by atoms with van der Waals surface area (Å²) in [6.07, 6.45) is 51.8. The van der Waals surface area contributed by atoms with Gasteiger partial charge >= 0.3 is 0 Å². The molecule has 0 rings (SSSR count). The van der Waals surface area contributed by atoms with E-state index in [4.69, 9.17) is 0 Å². The second kappa shape index (κ2) is 36.0. The Morgan fingerprint density at radius 3 is 0.615 bits per heavy atom. The molecule has 0 bridgehead atoms. The molecule has 236 valence electrons. The highest BCUT2D eigenvalue weighted by Crippen LogP contribution is 2.24. The fraction of sp³-hybridized carbons (Fsp3) is 1.00. The maximum atomic E-state index is 2.37. The Balaban J connectivity index is 3.44. The van der Waals surface area contributed by atoms with Crippen molar-refractivity contribution in [1.82, 2.24) is 0 Å². The minimum atomic E-state index is 1.04. The van der Waals surface area contributed by atoms with Crippen molar-refractivity contribution in [2.45, 2.75) is 245 Å². The van der Waals surface area contributed by atoms with E-state index in [-0.39, 0.29) is 0 Å². The molecule has 0 radical (unpaired) electrons. The normalized spacial score (nSPS) is 12.4. The molecule has 39 heavy (non-hydrogen) atoms. The van der Waals surface area contributed by atoms with Gasteiger partial charge in [-0.15, -0.1) is 0 Å². The highest BCUT2D eigenvalue weighted by Gasteiger charge is 2.08. The summed E-state index contributed by atoms with van der Waals surface area (Å²) in [6, 6.07) is 0. The summed E-state index contributed by atoms with van der Waals surface area (Å²) < 4.78 is 0. The van der Waals surface area contributed by atoms with Crippen LogP contribution in [0.15, 0.2) is 0 Å². The van der Waals surface area contributed by atoms with Crippen molar-refractivity contribution in [3.63, 3.8) is 0 Å². The quantitative estimate of drug-likeness (QED) is 0.0691. The lowest BCUT2D eigenvalue weighted by molar-refractivity contribution is 0.370. The number of hydrogen-bond acceptors (Lipinski definition) is 0. The average molecular weight is 549 g/mol. The zero-order valence-electron chi connectivity index (χ0n) is 28.3. The first-order chi connectivity index (χ1) is 19.3. The van der Waals surface area contributed by atoms with Crippen LogP contribution in [-0.2, 0) is 0 Å². The third-order valence-electron chi connectivity index (χ3n) is 9.40. The molecule has 0 heterocycles. The van der Waals surface area contributed by atoms with Crippen molar-refractivity contribution >= 4 is 0 Å². The zero-order chi connectivity index (χ0) is 28.3. The molecule has 0 nitrogen and oxygen atoms in total. The standard InChI is InChI=1S/C39H80/c1-4-7-10-12-14-16-18-20-21-22-23-25-27-29-31-33-35-38-39(36-9-6-3)37-34-32-30-28-26-24-19-17-15-13-11-8-5-2/h39H,4-38H2,1-3H3. The summed E-state index contributed by atoms with van der Waals surface area (Å²) in [5.41, 5.74) is 0. The van der Waals surface area contributed by atoms with Gasteiger partial charge < -0.3 is 0 Å². The molecule has 0 amide bonds. The van der Waals surface area contributed by atoms with Crippen molar-refractivity contribution in [2.75, 3.05) is 0 Å². The minimum absolute atomic E-state index is 1.04. The van der Waals surface area contributed by atoms with E-state index in [0.29, 0.717) is 0 Å². The topological polar surface area (TPSA) is 0 Å². The first-order valence-corrected chi connectivity index (χ1v) is 19.3. The van der Waals surface area contributed by atoms with E-state index >= 15 is 0 Å². The van der Waals surface area contributed by atoms with Gasteiger partial charge in [0.15, 0.2) is 0 Å². The maximum Gasteiger partial charge on any atom is -0.0414 e. The van der Waals surface area contributed by atoms with Crippen LogP contribution in [0.25, 0.3) is 0 Å². The van der Waals surface area contributed by atoms with E-state index in [0.717, 1.165) is 5.92 Å². The Morgan fingerprint density at radius 2 is 0.385 bits per heavy atom. The Bertz CT molecular complexity index is 399. The Morgan fingerprint density at radius 1 is 0.205 bits per heavy atom. The molecule has 0 spiro atoms. The van der Waals surface area contributed by atoms with Crippen LogP contribution in [0.5, 0.6) is 0 Å². The predicted molar refractivity (Wildman–Crippen MR) is 182 cm³/mol. The van der Waals surface area contributed by atoms with Crippen LogP contribution in [0.2, 0.25) is 0 Å². The number of unbranched alkanes of at least 4 members (excludes halogenated alkanes) is 29. The van der Waals surface area contributed by atoms with Gasteiger partial charge in [-0.3, -0.25) is 0 Å². The number of rotatable bonds is 35. The summed E-state index contributed by atoms with van der Waals surface area (Å²) in [6.45, 7) is 7.00. The van der Waals surface area contributed by atoms with Crippen molar-refractivity contribution in [3.8, 4) is 0 Å². The van der Waals surface area contributed by atoms with Gasteiger partial charge in [-0.25, -0.2) is 0 Å². The lowest BCUT2D eigenvalue weighted by Crippen LogP contribution is -2.01. The van der Waals surface area contributed by atoms with Crippen molar-refractivity contribution in [1.29, 1.82) is 0 Å². The molecule has 0 aliphatic carbocycles. The molecular weight excluding hydrogens is 468 g/mol. The third-order valence-corrected chi connectivity index (χ3v) is 9.40. The summed E-state index contributed by atoms with van der Waals surface area (Å²) in [7, 11) is 0. The molecule has 0 aliphatic heterocycles. The van der Waals surface area contributed by atoms with Crippen LogP contribution >= 0.6 is 0 Å². The Kier molecular flexibility index (Phi) is 36.0. The molecule has 1 unspecified atom stereocenters. The number of hydrogen-bond donors (Lipinski definition) is 0. The van der Waals surface area contributed by atoms with Gasteiger partial charge in [-0.05, 0) is 5.92 Å². The largest absolute Gasteiger partial charge is 0.0654 e. The molecule has 0 aliphatic rings. The van der Waals surface area contributed by atoms with Gasteiger partial charge in [0.1, 0.15) is 0 Å². The molecule has 0 heteroatoms. The van der Waals surface area contributed by atoms with Crippen LogP contribution in [0.4, 0.5) is 0 Å². The van der Waals surface area contributed by atoms with E-state index < -0.39 is 0 Å². The first-order valence-electron chi connectivity index (χ1n) is 19.3. The van der Waals surface area contributed by atoms with Crippen molar-refractivity contribution in [3.05, 3.63) is 0 Å². The summed E-state index contributed by atoms with van der Waals surface area (Å²) >= 11 is 0. The highest BCUT2D eigenvalue weighted by molar-refractivity contribution is 4.62. The Hall–Kier alpha value is 0. The maximum absolute atomic E-state index is 2.37. The second-order valence-corrected chi connectivity index (χ2v) is 13.5. The molecule has 0 aromatic carbocycles. The molecule has 0 N–H and O–H groups in total. The van der Waals surface area contributed by atoms with Crippen LogP contribution < -0.4 is 0 Å². The van der Waals surface area contributed by atoms with E-state index in [9.17, 15) is 0 Å². The highest BCUT2D eigenvalue weighted by atomic mass is 14.1. The van der Waals surface area contributed by atoms with Gasteiger partial charge in [-0.2, -0.15) is 0 Å². The van der Waals surface area contributed by atoms with Crippen LogP contribution in [0.3, 0.4) is 0 Å². The lowest BCUT2D eigenvalue weighted by Gasteiger charge is -2.16. The van der Waals surface area contributed by atoms with Gasteiger partial charge in [0.05, 0.1) is 0 Å². The van der Waals surface area contributed by atoms with Gasteiger partial charge in [-0.1, -0.05) is 245 Å². The molecule has 0 saturated heterocycles.